The molecular formula is C27H32N6O3. The van der Waals surface area contributed by atoms with Gasteiger partial charge in [-0.2, -0.15) is 4.98 Å². The smallest absolute Gasteiger partial charge is 0.271 e. The van der Waals surface area contributed by atoms with Crippen LogP contribution in [0.2, 0.25) is 0 Å². The van der Waals surface area contributed by atoms with Gasteiger partial charge in [-0.1, -0.05) is 30.3 Å². The first-order valence-corrected chi connectivity index (χ1v) is 12.5. The van der Waals surface area contributed by atoms with Crippen LogP contribution in [0.5, 0.6) is 5.88 Å². The monoisotopic (exact) mass is 488 g/mol. The number of anilines is 3. The normalized spacial score (nSPS) is 17.1. The molecule has 2 aliphatic rings. The fraction of sp³-hybridized carbons (Fsp3) is 0.370. The molecule has 2 aromatic carbocycles. The Bertz CT molecular complexity index is 1170. The van der Waals surface area contributed by atoms with Crippen molar-refractivity contribution in [3.8, 4) is 17.1 Å². The maximum Gasteiger partial charge on any atom is 0.271 e. The lowest BCUT2D eigenvalue weighted by molar-refractivity contribution is 0.0239. The number of aromatic nitrogens is 2. The third kappa shape index (κ3) is 5.58. The van der Waals surface area contributed by atoms with Crippen LogP contribution in [-0.4, -0.2) is 54.3 Å². The summed E-state index contributed by atoms with van der Waals surface area (Å²) in [4.78, 5) is 24.1. The highest BCUT2D eigenvalue weighted by Gasteiger charge is 2.24. The van der Waals surface area contributed by atoms with Crippen LogP contribution >= 0.6 is 0 Å². The van der Waals surface area contributed by atoms with E-state index < -0.39 is 5.91 Å². The van der Waals surface area contributed by atoms with Crippen molar-refractivity contribution in [2.45, 2.75) is 37.8 Å². The van der Waals surface area contributed by atoms with E-state index in [2.05, 4.69) is 15.2 Å². The van der Waals surface area contributed by atoms with Crippen LogP contribution in [0.4, 0.5) is 17.2 Å². The number of nitrogens with zero attached hydrogens (tertiary/aromatic N) is 3. The van der Waals surface area contributed by atoms with E-state index in [9.17, 15) is 4.79 Å². The predicted octanol–water partition coefficient (Wildman–Crippen LogP) is 3.47. The van der Waals surface area contributed by atoms with E-state index >= 15 is 0 Å². The molecule has 0 saturated carbocycles. The van der Waals surface area contributed by atoms with Crippen molar-refractivity contribution in [3.63, 3.8) is 0 Å². The number of carbonyl (C=O) groups is 1. The highest BCUT2D eigenvalue weighted by Crippen LogP contribution is 2.32. The number of rotatable bonds is 7. The summed E-state index contributed by atoms with van der Waals surface area (Å²) in [5.41, 5.74) is 15.0. The quantitative estimate of drug-likeness (QED) is 0.461. The second-order valence-corrected chi connectivity index (χ2v) is 9.23. The lowest BCUT2D eigenvalue weighted by atomic mass is 10.1. The summed E-state index contributed by atoms with van der Waals surface area (Å²) in [5, 5.41) is 3.23. The number of benzene rings is 2. The van der Waals surface area contributed by atoms with Crippen LogP contribution in [0.25, 0.3) is 11.3 Å². The van der Waals surface area contributed by atoms with Gasteiger partial charge in [0.15, 0.2) is 11.5 Å². The molecule has 2 fully saturated rings. The van der Waals surface area contributed by atoms with Gasteiger partial charge in [0.1, 0.15) is 11.8 Å². The van der Waals surface area contributed by atoms with E-state index in [4.69, 9.17) is 25.9 Å². The molecule has 3 heterocycles. The molecule has 9 heteroatoms. The van der Waals surface area contributed by atoms with Gasteiger partial charge in [0.05, 0.1) is 13.2 Å². The second kappa shape index (κ2) is 10.9. The van der Waals surface area contributed by atoms with Crippen LogP contribution in [-0.2, 0) is 4.74 Å². The van der Waals surface area contributed by atoms with Crippen molar-refractivity contribution in [2.75, 3.05) is 36.5 Å². The summed E-state index contributed by atoms with van der Waals surface area (Å²) in [6.45, 7) is 3.16. The van der Waals surface area contributed by atoms with Crippen molar-refractivity contribution in [3.05, 3.63) is 60.3 Å². The fourth-order valence-electron chi connectivity index (χ4n) is 4.55. The van der Waals surface area contributed by atoms with E-state index in [1.54, 1.807) is 0 Å². The molecule has 1 amide bonds. The van der Waals surface area contributed by atoms with Crippen LogP contribution in [0.1, 0.15) is 36.2 Å². The molecule has 0 unspecified atom stereocenters. The number of piperidine rings is 1. The van der Waals surface area contributed by atoms with Gasteiger partial charge in [0, 0.05) is 48.9 Å². The maximum absolute atomic E-state index is 12.4. The van der Waals surface area contributed by atoms with E-state index in [-0.39, 0.29) is 23.7 Å². The Labute approximate surface area is 210 Å². The molecule has 0 spiro atoms. The maximum atomic E-state index is 12.4. The molecular weight excluding hydrogens is 456 g/mol. The molecule has 36 heavy (non-hydrogen) atoms. The Morgan fingerprint density at radius 1 is 0.972 bits per heavy atom. The number of hydrogen-bond acceptors (Lipinski definition) is 8. The molecule has 0 aliphatic carbocycles. The largest absolute Gasteiger partial charge is 0.473 e. The first-order valence-electron chi connectivity index (χ1n) is 12.5. The van der Waals surface area contributed by atoms with Gasteiger partial charge in [-0.15, -0.1) is 0 Å². The number of nitrogens with two attached hydrogens (primary N) is 2. The van der Waals surface area contributed by atoms with Crippen molar-refractivity contribution in [2.24, 2.45) is 11.5 Å². The molecule has 9 nitrogen and oxygen atoms in total. The van der Waals surface area contributed by atoms with Crippen molar-refractivity contribution in [1.29, 1.82) is 0 Å². The molecule has 5 N–H and O–H groups in total. The first-order chi connectivity index (χ1) is 17.6. The van der Waals surface area contributed by atoms with Gasteiger partial charge >= 0.3 is 0 Å². The average Bonchev–Trinajstić information content (AvgIpc) is 2.91. The molecule has 0 radical (unpaired) electrons. The third-order valence-electron chi connectivity index (χ3n) is 6.63. The Morgan fingerprint density at radius 3 is 2.33 bits per heavy atom. The molecule has 5 rings (SSSR count). The Kier molecular flexibility index (Phi) is 7.29. The Morgan fingerprint density at radius 2 is 1.67 bits per heavy atom. The molecule has 2 saturated heterocycles. The summed E-state index contributed by atoms with van der Waals surface area (Å²) >= 11 is 0. The average molecular weight is 489 g/mol. The van der Waals surface area contributed by atoms with Crippen molar-refractivity contribution in [1.82, 2.24) is 9.97 Å². The van der Waals surface area contributed by atoms with E-state index in [0.29, 0.717) is 24.8 Å². The third-order valence-corrected chi connectivity index (χ3v) is 6.63. The van der Waals surface area contributed by atoms with Gasteiger partial charge in [0.2, 0.25) is 5.88 Å². The molecule has 1 aromatic heterocycles. The molecule has 2 aliphatic heterocycles. The molecule has 188 valence electrons. The number of ether oxygens (including phenoxy) is 2. The zero-order chi connectivity index (χ0) is 24.9. The van der Waals surface area contributed by atoms with Gasteiger partial charge in [-0.05, 0) is 37.1 Å². The van der Waals surface area contributed by atoms with Gasteiger partial charge in [-0.25, -0.2) is 4.98 Å². The van der Waals surface area contributed by atoms with Gasteiger partial charge in [0.25, 0.3) is 5.91 Å². The summed E-state index contributed by atoms with van der Waals surface area (Å²) in [6.07, 6.45) is 3.46. The van der Waals surface area contributed by atoms with Crippen molar-refractivity contribution >= 4 is 23.1 Å². The minimum atomic E-state index is -0.666. The number of hydrogen-bond donors (Lipinski definition) is 3. The summed E-state index contributed by atoms with van der Waals surface area (Å²) in [7, 11) is 0. The number of nitrogens with one attached hydrogen (secondary N) is 1. The van der Waals surface area contributed by atoms with Crippen LogP contribution < -0.4 is 26.4 Å². The van der Waals surface area contributed by atoms with Crippen LogP contribution in [0.3, 0.4) is 0 Å². The minimum absolute atomic E-state index is 0.0419. The molecule has 3 aromatic rings. The summed E-state index contributed by atoms with van der Waals surface area (Å²) < 4.78 is 11.8. The highest BCUT2D eigenvalue weighted by molar-refractivity contribution is 5.97. The minimum Gasteiger partial charge on any atom is -0.473 e. The van der Waals surface area contributed by atoms with E-state index in [0.717, 1.165) is 55.7 Å². The van der Waals surface area contributed by atoms with Crippen LogP contribution in [0.15, 0.2) is 54.6 Å². The highest BCUT2D eigenvalue weighted by atomic mass is 16.5. The lowest BCUT2D eigenvalue weighted by Gasteiger charge is -2.32. The molecule has 0 atom stereocenters. The fourth-order valence-corrected chi connectivity index (χ4v) is 4.55. The topological polar surface area (TPSA) is 129 Å². The Balaban J connectivity index is 1.45. The zero-order valence-corrected chi connectivity index (χ0v) is 20.2. The SMILES string of the molecule is NC(=O)c1nc(-c2ccccc2)c(OC2CCOCC2)nc1Nc1ccc(N2CCC(N)CC2)cc1. The summed E-state index contributed by atoms with van der Waals surface area (Å²) in [5.74, 6) is -0.0381. The van der Waals surface area contributed by atoms with Crippen LogP contribution in [0, 0.1) is 0 Å². The molecule has 0 bridgehead atoms. The number of amides is 1. The van der Waals surface area contributed by atoms with E-state index in [1.807, 2.05) is 54.6 Å². The summed E-state index contributed by atoms with van der Waals surface area (Å²) in [6, 6.07) is 17.8. The predicted molar refractivity (Wildman–Crippen MR) is 140 cm³/mol. The van der Waals surface area contributed by atoms with Gasteiger partial charge < -0.3 is 31.2 Å². The second-order valence-electron chi connectivity index (χ2n) is 9.23. The standard InChI is InChI=1S/C27H32N6O3/c28-19-10-14-33(15-11-19)21-8-6-20(7-9-21)30-26-24(25(29)34)31-23(18-4-2-1-3-5-18)27(32-26)36-22-12-16-35-17-13-22/h1-9,19,22H,10-17,28H2,(H2,29,34)(H,30,32). The number of carbonyl (C=O) groups excluding carboxylic acids is 1. The number of primary amides is 1. The first kappa shape index (κ1) is 24.0. The van der Waals surface area contributed by atoms with Crippen molar-refractivity contribution < 1.29 is 14.3 Å². The van der Waals surface area contributed by atoms with E-state index in [1.165, 1.54) is 0 Å². The Hall–Kier alpha value is -3.69. The zero-order valence-electron chi connectivity index (χ0n) is 20.2. The lowest BCUT2D eigenvalue weighted by Crippen LogP contribution is -2.39. The van der Waals surface area contributed by atoms with Gasteiger partial charge in [-0.3, -0.25) is 4.79 Å².